The molecule has 106 valence electrons. The van der Waals surface area contributed by atoms with E-state index in [9.17, 15) is 4.79 Å². The summed E-state index contributed by atoms with van der Waals surface area (Å²) >= 11 is 0. The van der Waals surface area contributed by atoms with Crippen LogP contribution in [0.2, 0.25) is 0 Å². The first kappa shape index (κ1) is 12.9. The van der Waals surface area contributed by atoms with E-state index >= 15 is 0 Å². The molecule has 6 nitrogen and oxygen atoms in total. The highest BCUT2D eigenvalue weighted by Crippen LogP contribution is 2.33. The molecule has 3 rings (SSSR count). The first-order chi connectivity index (χ1) is 9.69. The van der Waals surface area contributed by atoms with Gasteiger partial charge in [-0.25, -0.2) is 4.98 Å². The van der Waals surface area contributed by atoms with Gasteiger partial charge >= 0.3 is 0 Å². The van der Waals surface area contributed by atoms with Gasteiger partial charge in [-0.3, -0.25) is 9.48 Å². The fraction of sp³-hybridized carbons (Fsp3) is 0.500. The Bertz CT molecular complexity index is 668. The zero-order valence-corrected chi connectivity index (χ0v) is 11.8. The molecule has 20 heavy (non-hydrogen) atoms. The summed E-state index contributed by atoms with van der Waals surface area (Å²) in [5.74, 6) is 0.422. The predicted molar refractivity (Wildman–Crippen MR) is 76.7 cm³/mol. The van der Waals surface area contributed by atoms with E-state index in [4.69, 9.17) is 0 Å². The molecule has 0 atom stereocenters. The van der Waals surface area contributed by atoms with Crippen LogP contribution in [0.25, 0.3) is 0 Å². The lowest BCUT2D eigenvalue weighted by Gasteiger charge is -2.07. The highest BCUT2D eigenvalue weighted by molar-refractivity contribution is 5.33. The second-order valence-corrected chi connectivity index (χ2v) is 5.20. The van der Waals surface area contributed by atoms with Crippen molar-refractivity contribution < 1.29 is 0 Å². The quantitative estimate of drug-likeness (QED) is 0.896. The Morgan fingerprint density at radius 3 is 2.95 bits per heavy atom. The van der Waals surface area contributed by atoms with Gasteiger partial charge in [0, 0.05) is 43.8 Å². The molecule has 0 amide bonds. The molecule has 1 aliphatic carbocycles. The number of aromatic nitrogens is 4. The van der Waals surface area contributed by atoms with E-state index in [2.05, 4.69) is 22.3 Å². The average molecular weight is 273 g/mol. The van der Waals surface area contributed by atoms with Crippen LogP contribution < -0.4 is 10.9 Å². The molecule has 1 aliphatic rings. The van der Waals surface area contributed by atoms with Crippen LogP contribution in [0.5, 0.6) is 0 Å². The topological polar surface area (TPSA) is 64.7 Å². The number of nitrogens with one attached hydrogen (secondary N) is 1. The third kappa shape index (κ3) is 2.45. The molecule has 0 radical (unpaired) electrons. The molecule has 2 aromatic heterocycles. The molecular weight excluding hydrogens is 254 g/mol. The molecule has 2 heterocycles. The predicted octanol–water partition coefficient (Wildman–Crippen LogP) is 1.49. The smallest absolute Gasteiger partial charge is 0.293 e. The number of hydrogen-bond acceptors (Lipinski definition) is 4. The Kier molecular flexibility index (Phi) is 3.30. The minimum Gasteiger partial charge on any atom is -0.361 e. The van der Waals surface area contributed by atoms with Gasteiger partial charge in [0.05, 0.1) is 5.69 Å². The molecule has 0 bridgehead atoms. The molecule has 0 aliphatic heterocycles. The van der Waals surface area contributed by atoms with Crippen LogP contribution in [0.4, 0.5) is 5.82 Å². The van der Waals surface area contributed by atoms with E-state index in [-0.39, 0.29) is 5.56 Å². The number of anilines is 1. The first-order valence-electron chi connectivity index (χ1n) is 7.01. The molecule has 0 saturated heterocycles. The minimum atomic E-state index is -0.0306. The summed E-state index contributed by atoms with van der Waals surface area (Å²) in [4.78, 5) is 16.4. The maximum atomic E-state index is 12.2. The van der Waals surface area contributed by atoms with E-state index in [0.717, 1.165) is 30.5 Å². The second kappa shape index (κ2) is 5.11. The molecular formula is C14H19N5O. The highest BCUT2D eigenvalue weighted by atomic mass is 16.1. The molecule has 0 spiro atoms. The van der Waals surface area contributed by atoms with E-state index in [1.807, 2.05) is 13.2 Å². The summed E-state index contributed by atoms with van der Waals surface area (Å²) in [7, 11) is 1.91. The van der Waals surface area contributed by atoms with Gasteiger partial charge in [0.25, 0.3) is 5.56 Å². The van der Waals surface area contributed by atoms with Crippen LogP contribution in [-0.2, 0) is 20.0 Å². The number of nitrogens with zero attached hydrogens (tertiary/aromatic N) is 4. The summed E-state index contributed by atoms with van der Waals surface area (Å²) in [6.07, 6.45) is 8.50. The fourth-order valence-corrected chi connectivity index (χ4v) is 2.39. The lowest BCUT2D eigenvalue weighted by Crippen LogP contribution is -2.23. The fourth-order valence-electron chi connectivity index (χ4n) is 2.39. The van der Waals surface area contributed by atoms with Crippen LogP contribution in [-0.4, -0.2) is 19.3 Å². The van der Waals surface area contributed by atoms with Crippen molar-refractivity contribution >= 4 is 5.82 Å². The highest BCUT2D eigenvalue weighted by Gasteiger charge is 2.25. The van der Waals surface area contributed by atoms with Gasteiger partial charge < -0.3 is 9.88 Å². The van der Waals surface area contributed by atoms with Crippen LogP contribution >= 0.6 is 0 Å². The van der Waals surface area contributed by atoms with Crippen molar-refractivity contribution in [3.05, 3.63) is 40.2 Å². The maximum absolute atomic E-state index is 12.2. The van der Waals surface area contributed by atoms with Gasteiger partial charge in [0.1, 0.15) is 0 Å². The van der Waals surface area contributed by atoms with Crippen LogP contribution in [0.3, 0.4) is 0 Å². The average Bonchev–Trinajstić information content (AvgIpc) is 3.21. The van der Waals surface area contributed by atoms with E-state index in [1.54, 1.807) is 21.6 Å². The molecule has 0 aromatic carbocycles. The summed E-state index contributed by atoms with van der Waals surface area (Å²) in [6, 6.07) is 0.371. The van der Waals surface area contributed by atoms with E-state index in [0.29, 0.717) is 18.4 Å². The monoisotopic (exact) mass is 273 g/mol. The molecule has 0 unspecified atom stereocenters. The van der Waals surface area contributed by atoms with Gasteiger partial charge in [-0.2, -0.15) is 5.10 Å². The minimum absolute atomic E-state index is 0.0306. The van der Waals surface area contributed by atoms with Crippen molar-refractivity contribution in [2.45, 2.75) is 38.8 Å². The van der Waals surface area contributed by atoms with E-state index < -0.39 is 0 Å². The molecule has 6 heteroatoms. The maximum Gasteiger partial charge on any atom is 0.293 e. The Morgan fingerprint density at radius 2 is 2.25 bits per heavy atom. The molecule has 1 saturated carbocycles. The van der Waals surface area contributed by atoms with E-state index in [1.165, 1.54) is 0 Å². The summed E-state index contributed by atoms with van der Waals surface area (Å²) < 4.78 is 3.58. The molecule has 2 aromatic rings. The largest absolute Gasteiger partial charge is 0.361 e. The number of hydrogen-bond donors (Lipinski definition) is 1. The van der Waals surface area contributed by atoms with Crippen molar-refractivity contribution in [1.82, 2.24) is 19.3 Å². The SMILES string of the molecule is CCc1nn(C)cc1CNc1nccn(C2CC2)c1=O. The van der Waals surface area contributed by atoms with Crippen LogP contribution in [0.15, 0.2) is 23.4 Å². The summed E-state index contributed by atoms with van der Waals surface area (Å²) in [5, 5.41) is 7.54. The normalized spacial score (nSPS) is 14.5. The summed E-state index contributed by atoms with van der Waals surface area (Å²) in [5.41, 5.74) is 2.13. The van der Waals surface area contributed by atoms with Gasteiger partial charge in [-0.1, -0.05) is 6.92 Å². The Labute approximate surface area is 117 Å². The van der Waals surface area contributed by atoms with Gasteiger partial charge in [-0.05, 0) is 19.3 Å². The second-order valence-electron chi connectivity index (χ2n) is 5.20. The van der Waals surface area contributed by atoms with Gasteiger partial charge in [-0.15, -0.1) is 0 Å². The third-order valence-corrected chi connectivity index (χ3v) is 3.58. The number of rotatable bonds is 5. The lowest BCUT2D eigenvalue weighted by atomic mass is 10.2. The Hall–Kier alpha value is -2.11. The van der Waals surface area contributed by atoms with Crippen LogP contribution in [0, 0.1) is 0 Å². The third-order valence-electron chi connectivity index (χ3n) is 3.58. The van der Waals surface area contributed by atoms with Crippen LogP contribution in [0.1, 0.15) is 37.1 Å². The Balaban J connectivity index is 1.78. The van der Waals surface area contributed by atoms with Crippen molar-refractivity contribution in [2.75, 3.05) is 5.32 Å². The van der Waals surface area contributed by atoms with Gasteiger partial charge in [0.2, 0.25) is 0 Å². The van der Waals surface area contributed by atoms with Crippen molar-refractivity contribution in [3.8, 4) is 0 Å². The van der Waals surface area contributed by atoms with Gasteiger partial charge in [0.15, 0.2) is 5.82 Å². The standard InChI is InChI=1S/C14H19N5O/c1-3-12-10(9-18(2)17-12)8-16-13-14(20)19(7-6-15-13)11-4-5-11/h6-7,9,11H,3-5,8H2,1-2H3,(H,15,16). The Morgan fingerprint density at radius 1 is 1.45 bits per heavy atom. The summed E-state index contributed by atoms with van der Waals surface area (Å²) in [6.45, 7) is 2.65. The van der Waals surface area contributed by atoms with Crippen molar-refractivity contribution in [2.24, 2.45) is 7.05 Å². The zero-order chi connectivity index (χ0) is 14.1. The zero-order valence-electron chi connectivity index (χ0n) is 11.8. The number of aryl methyl sites for hydroxylation is 2. The van der Waals surface area contributed by atoms with Crippen molar-refractivity contribution in [1.29, 1.82) is 0 Å². The molecule has 1 fully saturated rings. The first-order valence-corrected chi connectivity index (χ1v) is 7.01. The lowest BCUT2D eigenvalue weighted by molar-refractivity contribution is 0.699. The van der Waals surface area contributed by atoms with Crippen molar-refractivity contribution in [3.63, 3.8) is 0 Å². The molecule has 1 N–H and O–H groups in total.